The molecule has 4 rings (SSSR count). The van der Waals surface area contributed by atoms with Crippen LogP contribution in [0.1, 0.15) is 61.1 Å². The number of benzene rings is 1. The molecule has 1 unspecified atom stereocenters. The predicted molar refractivity (Wildman–Crippen MR) is 119 cm³/mol. The summed E-state index contributed by atoms with van der Waals surface area (Å²) in [5.74, 6) is 0.533. The molecule has 6 heteroatoms. The number of aromatic nitrogens is 1. The molecule has 6 nitrogen and oxygen atoms in total. The van der Waals surface area contributed by atoms with Gasteiger partial charge in [0.15, 0.2) is 6.61 Å². The molecule has 2 N–H and O–H groups in total. The summed E-state index contributed by atoms with van der Waals surface area (Å²) in [6.07, 6.45) is 13.9. The molecule has 31 heavy (non-hydrogen) atoms. The van der Waals surface area contributed by atoms with Crippen LogP contribution < -0.4 is 10.2 Å². The molecule has 1 aromatic heterocycles. The Morgan fingerprint density at radius 2 is 2.03 bits per heavy atom. The zero-order valence-corrected chi connectivity index (χ0v) is 17.8. The molecule has 0 spiro atoms. The summed E-state index contributed by atoms with van der Waals surface area (Å²) in [5.41, 5.74) is 7.52. The maximum absolute atomic E-state index is 10.9. The highest BCUT2D eigenvalue weighted by Crippen LogP contribution is 2.37. The summed E-state index contributed by atoms with van der Waals surface area (Å²) in [5, 5.41) is 8.93. The fourth-order valence-electron chi connectivity index (χ4n) is 4.65. The van der Waals surface area contributed by atoms with Crippen molar-refractivity contribution in [2.24, 2.45) is 5.92 Å². The number of aliphatic carboxylic acids is 1. The topological polar surface area (TPSA) is 80.7 Å². The lowest BCUT2D eigenvalue weighted by Gasteiger charge is -2.27. The summed E-state index contributed by atoms with van der Waals surface area (Å²) in [4.78, 5) is 21.2. The van der Waals surface area contributed by atoms with Gasteiger partial charge in [-0.1, -0.05) is 31.1 Å². The van der Waals surface area contributed by atoms with Crippen molar-refractivity contribution >= 4 is 11.7 Å². The molecule has 2 aliphatic rings. The number of rotatable bonds is 9. The molecular formula is C25H30N2O4. The Balaban J connectivity index is 1.43. The van der Waals surface area contributed by atoms with Crippen LogP contribution >= 0.6 is 0 Å². The summed E-state index contributed by atoms with van der Waals surface area (Å²) in [7, 11) is 0. The van der Waals surface area contributed by atoms with E-state index in [-0.39, 0.29) is 12.5 Å². The minimum absolute atomic E-state index is 0.242. The van der Waals surface area contributed by atoms with Crippen LogP contribution in [-0.4, -0.2) is 29.3 Å². The SMILES string of the molecule is O=C(O)COc1cccc2c1CCCC2CONC(=CC1CCCC1)c1cccnc1. The molecule has 0 aliphatic heterocycles. The van der Waals surface area contributed by atoms with Gasteiger partial charge in [0.25, 0.3) is 0 Å². The van der Waals surface area contributed by atoms with Gasteiger partial charge in [0.1, 0.15) is 5.75 Å². The Morgan fingerprint density at radius 1 is 1.16 bits per heavy atom. The van der Waals surface area contributed by atoms with E-state index in [4.69, 9.17) is 14.7 Å². The molecule has 1 atom stereocenters. The minimum atomic E-state index is -0.963. The highest BCUT2D eigenvalue weighted by atomic mass is 16.6. The summed E-state index contributed by atoms with van der Waals surface area (Å²) < 4.78 is 5.52. The summed E-state index contributed by atoms with van der Waals surface area (Å²) >= 11 is 0. The van der Waals surface area contributed by atoms with Crippen molar-refractivity contribution in [3.8, 4) is 5.75 Å². The quantitative estimate of drug-likeness (QED) is 0.569. The number of allylic oxidation sites excluding steroid dienone is 1. The van der Waals surface area contributed by atoms with E-state index in [1.54, 1.807) is 6.20 Å². The average Bonchev–Trinajstić information content (AvgIpc) is 3.31. The molecule has 2 aromatic rings. The van der Waals surface area contributed by atoms with Crippen molar-refractivity contribution in [1.29, 1.82) is 0 Å². The fraction of sp³-hybridized carbons (Fsp3) is 0.440. The van der Waals surface area contributed by atoms with Crippen LogP contribution in [-0.2, 0) is 16.1 Å². The normalized spacial score (nSPS) is 19.1. The third kappa shape index (κ3) is 5.64. The smallest absolute Gasteiger partial charge is 0.341 e. The number of hydroxylamine groups is 1. The molecule has 164 valence electrons. The number of hydrogen-bond acceptors (Lipinski definition) is 5. The summed E-state index contributed by atoms with van der Waals surface area (Å²) in [6, 6.07) is 9.88. The first-order valence-electron chi connectivity index (χ1n) is 11.2. The molecule has 0 saturated heterocycles. The molecule has 1 aromatic carbocycles. The Morgan fingerprint density at radius 3 is 2.81 bits per heavy atom. The highest BCUT2D eigenvalue weighted by molar-refractivity contribution is 5.68. The molecule has 1 heterocycles. The highest BCUT2D eigenvalue weighted by Gasteiger charge is 2.24. The van der Waals surface area contributed by atoms with Crippen molar-refractivity contribution in [3.63, 3.8) is 0 Å². The van der Waals surface area contributed by atoms with Crippen molar-refractivity contribution in [2.45, 2.75) is 50.9 Å². The molecular weight excluding hydrogens is 392 g/mol. The van der Waals surface area contributed by atoms with Crippen LogP contribution in [0.5, 0.6) is 5.75 Å². The van der Waals surface area contributed by atoms with Crippen LogP contribution in [0.2, 0.25) is 0 Å². The van der Waals surface area contributed by atoms with Crippen LogP contribution in [0.4, 0.5) is 0 Å². The van der Waals surface area contributed by atoms with E-state index >= 15 is 0 Å². The van der Waals surface area contributed by atoms with Gasteiger partial charge in [-0.25, -0.2) is 4.79 Å². The Hall–Kier alpha value is -2.86. The maximum Gasteiger partial charge on any atom is 0.341 e. The molecule has 0 radical (unpaired) electrons. The molecule has 1 saturated carbocycles. The first-order chi connectivity index (χ1) is 15.2. The lowest BCUT2D eigenvalue weighted by molar-refractivity contribution is -0.139. The van der Waals surface area contributed by atoms with E-state index in [0.29, 0.717) is 18.3 Å². The van der Waals surface area contributed by atoms with Gasteiger partial charge in [-0.05, 0) is 67.3 Å². The number of carboxylic acid groups (broad SMARTS) is 1. The van der Waals surface area contributed by atoms with E-state index in [1.165, 1.54) is 31.2 Å². The second-order valence-electron chi connectivity index (χ2n) is 8.38. The average molecular weight is 423 g/mol. The van der Waals surface area contributed by atoms with Crippen molar-refractivity contribution in [2.75, 3.05) is 13.2 Å². The van der Waals surface area contributed by atoms with Gasteiger partial charge in [0, 0.05) is 23.9 Å². The number of pyridine rings is 1. The Kier molecular flexibility index (Phi) is 7.20. The number of nitrogens with zero attached hydrogens (tertiary/aromatic N) is 1. The second kappa shape index (κ2) is 10.4. The van der Waals surface area contributed by atoms with Gasteiger partial charge in [0.05, 0.1) is 12.3 Å². The van der Waals surface area contributed by atoms with Gasteiger partial charge in [0.2, 0.25) is 0 Å². The van der Waals surface area contributed by atoms with Gasteiger partial charge in [-0.3, -0.25) is 15.3 Å². The van der Waals surface area contributed by atoms with E-state index in [2.05, 4.69) is 22.6 Å². The van der Waals surface area contributed by atoms with Crippen LogP contribution in [0.3, 0.4) is 0 Å². The van der Waals surface area contributed by atoms with E-state index in [0.717, 1.165) is 36.1 Å². The number of hydrogen-bond donors (Lipinski definition) is 2. The molecule has 2 aliphatic carbocycles. The number of carbonyl (C=O) groups is 1. The maximum atomic E-state index is 10.9. The zero-order chi connectivity index (χ0) is 21.5. The van der Waals surface area contributed by atoms with Gasteiger partial charge in [-0.2, -0.15) is 0 Å². The van der Waals surface area contributed by atoms with Crippen molar-refractivity contribution in [1.82, 2.24) is 10.5 Å². The lowest BCUT2D eigenvalue weighted by Crippen LogP contribution is -2.22. The zero-order valence-electron chi connectivity index (χ0n) is 17.8. The Labute approximate surface area is 183 Å². The largest absolute Gasteiger partial charge is 0.482 e. The van der Waals surface area contributed by atoms with Crippen LogP contribution in [0.25, 0.3) is 5.70 Å². The first kappa shape index (κ1) is 21.4. The number of fused-ring (bicyclic) bond motifs is 1. The first-order valence-corrected chi connectivity index (χ1v) is 11.2. The monoisotopic (exact) mass is 422 g/mol. The molecule has 0 amide bonds. The third-order valence-electron chi connectivity index (χ3n) is 6.18. The van der Waals surface area contributed by atoms with Crippen molar-refractivity contribution < 1.29 is 19.5 Å². The van der Waals surface area contributed by atoms with Crippen molar-refractivity contribution in [3.05, 3.63) is 65.5 Å². The molecule has 0 bridgehead atoms. The summed E-state index contributed by atoms with van der Waals surface area (Å²) in [6.45, 7) is 0.220. The Bertz CT molecular complexity index is 907. The molecule has 1 fully saturated rings. The van der Waals surface area contributed by atoms with Crippen LogP contribution in [0.15, 0.2) is 48.8 Å². The van der Waals surface area contributed by atoms with Gasteiger partial charge in [-0.15, -0.1) is 0 Å². The minimum Gasteiger partial charge on any atom is -0.482 e. The van der Waals surface area contributed by atoms with Gasteiger partial charge >= 0.3 is 5.97 Å². The van der Waals surface area contributed by atoms with E-state index in [1.807, 2.05) is 30.5 Å². The number of ether oxygens (including phenoxy) is 1. The van der Waals surface area contributed by atoms with Crippen LogP contribution in [0, 0.1) is 5.92 Å². The lowest BCUT2D eigenvalue weighted by atomic mass is 9.83. The number of carboxylic acids is 1. The standard InChI is InChI=1S/C25H30N2O4/c28-25(29)17-30-24-12-4-10-21-20(8-3-11-22(21)24)16-31-27-23(14-18-6-1-2-7-18)19-9-5-13-26-15-19/h4-5,9-10,12-15,18,20,27H,1-3,6-8,11,16-17H2,(H,28,29). The second-order valence-corrected chi connectivity index (χ2v) is 8.38. The fourth-order valence-corrected chi connectivity index (χ4v) is 4.65. The van der Waals surface area contributed by atoms with E-state index in [9.17, 15) is 4.79 Å². The van der Waals surface area contributed by atoms with E-state index < -0.39 is 5.97 Å². The number of nitrogens with one attached hydrogen (secondary N) is 1. The predicted octanol–water partition coefficient (Wildman–Crippen LogP) is 4.72. The van der Waals surface area contributed by atoms with Gasteiger partial charge < -0.3 is 9.84 Å². The third-order valence-corrected chi connectivity index (χ3v) is 6.18.